The fourth-order valence-electron chi connectivity index (χ4n) is 3.40. The lowest BCUT2D eigenvalue weighted by molar-refractivity contribution is 0.0676. The van der Waals surface area contributed by atoms with Crippen LogP contribution in [0, 0.1) is 12.3 Å². The maximum absolute atomic E-state index is 5.51. The third-order valence-electron chi connectivity index (χ3n) is 4.18. The molecule has 16 heavy (non-hydrogen) atoms. The number of hydrogen-bond donors (Lipinski definition) is 1. The maximum Gasteiger partial charge on any atom is 0.0371 e. The van der Waals surface area contributed by atoms with Gasteiger partial charge in [-0.2, -0.15) is 0 Å². The molecular weight excluding hydrogens is 196 g/mol. The van der Waals surface area contributed by atoms with Crippen LogP contribution in [-0.4, -0.2) is 36.6 Å². The highest BCUT2D eigenvalue weighted by molar-refractivity contribution is 5.07. The van der Waals surface area contributed by atoms with Gasteiger partial charge in [-0.1, -0.05) is 26.7 Å². The topological polar surface area (TPSA) is 15.3 Å². The summed E-state index contributed by atoms with van der Waals surface area (Å²) in [4.78, 5) is 2.61. The standard InChI is InChI=1S/C14H26N2/c1-5-10-13(15-4)14(11-8-9-12-14)16(6-2)7-3/h1,13,15H,6-12H2,2-4H3. The van der Waals surface area contributed by atoms with Crippen LogP contribution in [-0.2, 0) is 0 Å². The molecule has 1 aliphatic carbocycles. The fraction of sp³-hybridized carbons (Fsp3) is 0.857. The van der Waals surface area contributed by atoms with Crippen LogP contribution in [0.5, 0.6) is 0 Å². The predicted molar refractivity (Wildman–Crippen MR) is 70.4 cm³/mol. The first kappa shape index (κ1) is 13.5. The van der Waals surface area contributed by atoms with Crippen molar-refractivity contribution >= 4 is 0 Å². The number of hydrogen-bond acceptors (Lipinski definition) is 2. The van der Waals surface area contributed by atoms with Gasteiger partial charge in [-0.15, -0.1) is 12.3 Å². The van der Waals surface area contributed by atoms with E-state index in [-0.39, 0.29) is 0 Å². The van der Waals surface area contributed by atoms with Gasteiger partial charge in [-0.25, -0.2) is 0 Å². The maximum atomic E-state index is 5.51. The van der Waals surface area contributed by atoms with E-state index in [4.69, 9.17) is 6.42 Å². The van der Waals surface area contributed by atoms with Gasteiger partial charge in [-0.05, 0) is 33.0 Å². The van der Waals surface area contributed by atoms with E-state index < -0.39 is 0 Å². The van der Waals surface area contributed by atoms with Crippen molar-refractivity contribution in [1.29, 1.82) is 0 Å². The number of rotatable bonds is 6. The quantitative estimate of drug-likeness (QED) is 0.694. The van der Waals surface area contributed by atoms with Crippen molar-refractivity contribution in [3.63, 3.8) is 0 Å². The van der Waals surface area contributed by atoms with Crippen molar-refractivity contribution in [3.8, 4) is 12.3 Å². The van der Waals surface area contributed by atoms with Crippen LogP contribution in [0.3, 0.4) is 0 Å². The monoisotopic (exact) mass is 222 g/mol. The van der Waals surface area contributed by atoms with Crippen LogP contribution >= 0.6 is 0 Å². The molecule has 0 bridgehead atoms. The molecule has 2 heteroatoms. The fourth-order valence-corrected chi connectivity index (χ4v) is 3.40. The summed E-state index contributed by atoms with van der Waals surface area (Å²) in [5.74, 6) is 2.83. The van der Waals surface area contributed by atoms with Crippen LogP contribution in [0.1, 0.15) is 46.0 Å². The average molecular weight is 222 g/mol. The zero-order chi connectivity index (χ0) is 12.0. The lowest BCUT2D eigenvalue weighted by Crippen LogP contribution is -2.59. The van der Waals surface area contributed by atoms with Crippen LogP contribution in [0.4, 0.5) is 0 Å². The zero-order valence-corrected chi connectivity index (χ0v) is 11.1. The van der Waals surface area contributed by atoms with Gasteiger partial charge in [0, 0.05) is 18.0 Å². The summed E-state index contributed by atoms with van der Waals surface area (Å²) in [7, 11) is 2.05. The van der Waals surface area contributed by atoms with Gasteiger partial charge < -0.3 is 5.32 Å². The van der Waals surface area contributed by atoms with Crippen molar-refractivity contribution in [3.05, 3.63) is 0 Å². The van der Waals surface area contributed by atoms with Crippen molar-refractivity contribution in [2.24, 2.45) is 0 Å². The first-order valence-corrected chi connectivity index (χ1v) is 6.61. The summed E-state index contributed by atoms with van der Waals surface area (Å²) in [5.41, 5.74) is 0.310. The molecule has 0 aromatic carbocycles. The molecule has 1 saturated carbocycles. The summed E-state index contributed by atoms with van der Waals surface area (Å²) in [6.07, 6.45) is 11.6. The van der Waals surface area contributed by atoms with Gasteiger partial charge in [-0.3, -0.25) is 4.90 Å². The predicted octanol–water partition coefficient (Wildman–Crippen LogP) is 2.25. The Morgan fingerprint density at radius 1 is 1.31 bits per heavy atom. The first-order chi connectivity index (χ1) is 7.75. The Labute approximate surface area is 101 Å². The summed E-state index contributed by atoms with van der Waals surface area (Å²) >= 11 is 0. The molecule has 0 aromatic rings. The molecule has 1 atom stereocenters. The number of terminal acetylenes is 1. The Bertz CT molecular complexity index is 232. The molecule has 1 N–H and O–H groups in total. The molecule has 0 radical (unpaired) electrons. The van der Waals surface area contributed by atoms with Gasteiger partial charge in [0.25, 0.3) is 0 Å². The third-order valence-corrected chi connectivity index (χ3v) is 4.18. The molecular formula is C14H26N2. The van der Waals surface area contributed by atoms with Crippen LogP contribution in [0.25, 0.3) is 0 Å². The molecule has 2 nitrogen and oxygen atoms in total. The summed E-state index contributed by atoms with van der Waals surface area (Å²) in [6, 6.07) is 0.444. The molecule has 0 amide bonds. The van der Waals surface area contributed by atoms with Gasteiger partial charge in [0.2, 0.25) is 0 Å². The van der Waals surface area contributed by atoms with Crippen molar-refractivity contribution in [1.82, 2.24) is 10.2 Å². The highest BCUT2D eigenvalue weighted by Crippen LogP contribution is 2.38. The minimum Gasteiger partial charge on any atom is -0.314 e. The lowest BCUT2D eigenvalue weighted by Gasteiger charge is -2.45. The van der Waals surface area contributed by atoms with Crippen LogP contribution in [0.15, 0.2) is 0 Å². The number of nitrogens with zero attached hydrogens (tertiary/aromatic N) is 1. The SMILES string of the molecule is C#CCC(NC)C1(N(CC)CC)CCCC1. The molecule has 0 spiro atoms. The van der Waals surface area contributed by atoms with E-state index in [1.807, 2.05) is 7.05 Å². The Hall–Kier alpha value is -0.520. The number of nitrogens with one attached hydrogen (secondary N) is 1. The molecule has 0 aliphatic heterocycles. The highest BCUT2D eigenvalue weighted by Gasteiger charge is 2.43. The second-order valence-electron chi connectivity index (χ2n) is 4.73. The van der Waals surface area contributed by atoms with Gasteiger partial charge in [0.15, 0.2) is 0 Å². The Morgan fingerprint density at radius 3 is 2.25 bits per heavy atom. The van der Waals surface area contributed by atoms with E-state index >= 15 is 0 Å². The molecule has 1 unspecified atom stereocenters. The molecule has 0 aromatic heterocycles. The van der Waals surface area contributed by atoms with Gasteiger partial charge >= 0.3 is 0 Å². The van der Waals surface area contributed by atoms with E-state index in [0.29, 0.717) is 11.6 Å². The highest BCUT2D eigenvalue weighted by atomic mass is 15.2. The minimum atomic E-state index is 0.310. The zero-order valence-electron chi connectivity index (χ0n) is 11.1. The Morgan fingerprint density at radius 2 is 1.88 bits per heavy atom. The summed E-state index contributed by atoms with van der Waals surface area (Å²) in [6.45, 7) is 6.76. The Kier molecular flexibility index (Phi) is 5.31. The molecule has 1 rings (SSSR count). The van der Waals surface area contributed by atoms with Crippen molar-refractivity contribution in [2.45, 2.75) is 57.5 Å². The lowest BCUT2D eigenvalue weighted by atomic mass is 9.84. The number of likely N-dealkylation sites (N-methyl/N-ethyl adjacent to an activating group) is 2. The largest absolute Gasteiger partial charge is 0.314 e. The van der Waals surface area contributed by atoms with Crippen LogP contribution in [0.2, 0.25) is 0 Å². The summed E-state index contributed by atoms with van der Waals surface area (Å²) < 4.78 is 0. The van der Waals surface area contributed by atoms with Crippen molar-refractivity contribution < 1.29 is 0 Å². The van der Waals surface area contributed by atoms with E-state index in [2.05, 4.69) is 30.0 Å². The van der Waals surface area contributed by atoms with Crippen molar-refractivity contribution in [2.75, 3.05) is 20.1 Å². The smallest absolute Gasteiger partial charge is 0.0371 e. The summed E-state index contributed by atoms with van der Waals surface area (Å²) in [5, 5.41) is 3.45. The molecule has 1 fully saturated rings. The second kappa shape index (κ2) is 6.27. The molecule has 1 aliphatic rings. The third kappa shape index (κ3) is 2.42. The normalized spacial score (nSPS) is 20.9. The molecule has 0 heterocycles. The van der Waals surface area contributed by atoms with E-state index in [1.165, 1.54) is 25.7 Å². The Balaban J connectivity index is 2.89. The molecule has 0 saturated heterocycles. The van der Waals surface area contributed by atoms with Gasteiger partial charge in [0.05, 0.1) is 0 Å². The minimum absolute atomic E-state index is 0.310. The second-order valence-corrected chi connectivity index (χ2v) is 4.73. The van der Waals surface area contributed by atoms with E-state index in [9.17, 15) is 0 Å². The van der Waals surface area contributed by atoms with Crippen LogP contribution < -0.4 is 5.32 Å². The van der Waals surface area contributed by atoms with E-state index in [1.54, 1.807) is 0 Å². The van der Waals surface area contributed by atoms with E-state index in [0.717, 1.165) is 19.5 Å². The molecule has 92 valence electrons. The van der Waals surface area contributed by atoms with Gasteiger partial charge in [0.1, 0.15) is 0 Å². The average Bonchev–Trinajstić information content (AvgIpc) is 2.78. The first-order valence-electron chi connectivity index (χ1n) is 6.61.